The number of carbonyl (C=O) groups excluding carboxylic acids is 1. The number of hydrogen-bond acceptors (Lipinski definition) is 4. The molecule has 0 spiro atoms. The number of fused-ring (bicyclic) bond motifs is 1. The van der Waals surface area contributed by atoms with E-state index in [-0.39, 0.29) is 12.5 Å². The van der Waals surface area contributed by atoms with E-state index < -0.39 is 0 Å². The first-order valence-electron chi connectivity index (χ1n) is 8.73. The van der Waals surface area contributed by atoms with E-state index in [1.165, 1.54) is 0 Å². The standard InChI is InChI=1S/C22H17ClN2O2S/c1-14-6-9-16(10-7-14)27-13-21(26)24-15-8-11-17(18(23)12-15)22-25-19-4-2-3-5-20(19)28-22/h2-12H,13H2,1H3,(H,24,26). The highest BCUT2D eigenvalue weighted by atomic mass is 35.5. The summed E-state index contributed by atoms with van der Waals surface area (Å²) in [6.07, 6.45) is 0. The maximum Gasteiger partial charge on any atom is 0.262 e. The zero-order chi connectivity index (χ0) is 19.5. The maximum absolute atomic E-state index is 12.1. The Morgan fingerprint density at radius 1 is 1.11 bits per heavy atom. The van der Waals surface area contributed by atoms with Crippen LogP contribution in [0.3, 0.4) is 0 Å². The molecule has 1 amide bonds. The van der Waals surface area contributed by atoms with Crippen LogP contribution in [0.4, 0.5) is 5.69 Å². The Kier molecular flexibility index (Phi) is 5.28. The number of halogens is 1. The number of aromatic nitrogens is 1. The van der Waals surface area contributed by atoms with Crippen LogP contribution in [0.15, 0.2) is 66.7 Å². The molecule has 1 N–H and O–H groups in total. The molecular weight excluding hydrogens is 392 g/mol. The third-order valence-electron chi connectivity index (χ3n) is 4.17. The maximum atomic E-state index is 12.1. The number of nitrogens with one attached hydrogen (secondary N) is 1. The largest absolute Gasteiger partial charge is 0.484 e. The molecule has 0 bridgehead atoms. The van der Waals surface area contributed by atoms with Crippen molar-refractivity contribution in [1.82, 2.24) is 4.98 Å². The van der Waals surface area contributed by atoms with E-state index in [1.807, 2.05) is 67.6 Å². The number of anilines is 1. The minimum absolute atomic E-state index is 0.0691. The molecule has 140 valence electrons. The lowest BCUT2D eigenvalue weighted by Crippen LogP contribution is -2.20. The van der Waals surface area contributed by atoms with E-state index in [0.29, 0.717) is 16.5 Å². The molecule has 6 heteroatoms. The summed E-state index contributed by atoms with van der Waals surface area (Å²) in [4.78, 5) is 16.8. The summed E-state index contributed by atoms with van der Waals surface area (Å²) < 4.78 is 6.61. The van der Waals surface area contributed by atoms with Crippen LogP contribution >= 0.6 is 22.9 Å². The van der Waals surface area contributed by atoms with Crippen LogP contribution in [0.25, 0.3) is 20.8 Å². The van der Waals surface area contributed by atoms with Gasteiger partial charge in [-0.15, -0.1) is 11.3 Å². The minimum Gasteiger partial charge on any atom is -0.484 e. The van der Waals surface area contributed by atoms with Crippen molar-refractivity contribution in [2.75, 3.05) is 11.9 Å². The second-order valence-corrected chi connectivity index (χ2v) is 7.77. The fourth-order valence-electron chi connectivity index (χ4n) is 2.73. The van der Waals surface area contributed by atoms with Gasteiger partial charge in [0.2, 0.25) is 0 Å². The van der Waals surface area contributed by atoms with E-state index in [0.717, 1.165) is 26.4 Å². The van der Waals surface area contributed by atoms with Gasteiger partial charge in [0.25, 0.3) is 5.91 Å². The second kappa shape index (κ2) is 8.00. The lowest BCUT2D eigenvalue weighted by molar-refractivity contribution is -0.118. The van der Waals surface area contributed by atoms with Crippen molar-refractivity contribution < 1.29 is 9.53 Å². The van der Waals surface area contributed by atoms with Gasteiger partial charge in [0, 0.05) is 11.3 Å². The number of aryl methyl sites for hydroxylation is 1. The number of carbonyl (C=O) groups is 1. The lowest BCUT2D eigenvalue weighted by atomic mass is 10.2. The molecule has 3 aromatic carbocycles. The van der Waals surface area contributed by atoms with E-state index in [9.17, 15) is 4.79 Å². The van der Waals surface area contributed by atoms with Gasteiger partial charge in [0.15, 0.2) is 6.61 Å². The lowest BCUT2D eigenvalue weighted by Gasteiger charge is -2.09. The van der Waals surface area contributed by atoms with Gasteiger partial charge in [-0.2, -0.15) is 0 Å². The first-order chi connectivity index (χ1) is 13.6. The number of para-hydroxylation sites is 1. The fraction of sp³-hybridized carbons (Fsp3) is 0.0909. The van der Waals surface area contributed by atoms with Gasteiger partial charge in [-0.05, 0) is 49.4 Å². The van der Waals surface area contributed by atoms with Crippen molar-refractivity contribution in [1.29, 1.82) is 0 Å². The Bertz CT molecular complexity index is 1110. The number of hydrogen-bond donors (Lipinski definition) is 1. The van der Waals surface area contributed by atoms with Crippen molar-refractivity contribution >= 4 is 44.7 Å². The Morgan fingerprint density at radius 2 is 1.89 bits per heavy atom. The van der Waals surface area contributed by atoms with Crippen LogP contribution in [0.2, 0.25) is 5.02 Å². The zero-order valence-electron chi connectivity index (χ0n) is 15.1. The van der Waals surface area contributed by atoms with Gasteiger partial charge in [0.1, 0.15) is 10.8 Å². The van der Waals surface area contributed by atoms with E-state index in [2.05, 4.69) is 10.3 Å². The molecule has 0 fully saturated rings. The third kappa shape index (κ3) is 4.16. The summed E-state index contributed by atoms with van der Waals surface area (Å²) in [6, 6.07) is 20.9. The summed E-state index contributed by atoms with van der Waals surface area (Å²) in [6.45, 7) is 1.93. The molecule has 0 atom stereocenters. The van der Waals surface area contributed by atoms with Gasteiger partial charge >= 0.3 is 0 Å². The molecule has 1 aromatic heterocycles. The van der Waals surface area contributed by atoms with Crippen molar-refractivity contribution in [3.05, 3.63) is 77.3 Å². The molecule has 4 nitrogen and oxygen atoms in total. The SMILES string of the molecule is Cc1ccc(OCC(=O)Nc2ccc(-c3nc4ccccc4s3)c(Cl)c2)cc1. The Morgan fingerprint density at radius 3 is 2.64 bits per heavy atom. The van der Waals surface area contributed by atoms with Crippen LogP contribution in [0, 0.1) is 6.92 Å². The fourth-order valence-corrected chi connectivity index (χ4v) is 4.07. The molecule has 4 rings (SSSR count). The Hall–Kier alpha value is -2.89. The monoisotopic (exact) mass is 408 g/mol. The van der Waals surface area contributed by atoms with Gasteiger partial charge in [-0.3, -0.25) is 4.79 Å². The molecule has 0 aliphatic rings. The number of ether oxygens (including phenoxy) is 1. The van der Waals surface area contributed by atoms with Crippen LogP contribution in [0.5, 0.6) is 5.75 Å². The van der Waals surface area contributed by atoms with Gasteiger partial charge in [0.05, 0.1) is 15.2 Å². The first-order valence-corrected chi connectivity index (χ1v) is 9.93. The highest BCUT2D eigenvalue weighted by Gasteiger charge is 2.11. The van der Waals surface area contributed by atoms with E-state index in [1.54, 1.807) is 17.4 Å². The summed E-state index contributed by atoms with van der Waals surface area (Å²) in [5, 5.41) is 4.20. The number of benzene rings is 3. The first kappa shape index (κ1) is 18.5. The predicted molar refractivity (Wildman–Crippen MR) is 115 cm³/mol. The number of thiazole rings is 1. The molecule has 0 radical (unpaired) electrons. The normalized spacial score (nSPS) is 10.8. The van der Waals surface area contributed by atoms with Gasteiger partial charge < -0.3 is 10.1 Å². The van der Waals surface area contributed by atoms with Crippen molar-refractivity contribution in [3.8, 4) is 16.3 Å². The van der Waals surface area contributed by atoms with E-state index in [4.69, 9.17) is 16.3 Å². The number of amides is 1. The van der Waals surface area contributed by atoms with Gasteiger partial charge in [-0.25, -0.2) is 4.98 Å². The highest BCUT2D eigenvalue weighted by Crippen LogP contribution is 2.35. The number of nitrogens with zero attached hydrogens (tertiary/aromatic N) is 1. The Balaban J connectivity index is 1.43. The quantitative estimate of drug-likeness (QED) is 0.444. The molecule has 0 aliphatic carbocycles. The number of rotatable bonds is 5. The summed E-state index contributed by atoms with van der Waals surface area (Å²) in [5.74, 6) is 0.411. The Labute approximate surface area is 171 Å². The summed E-state index contributed by atoms with van der Waals surface area (Å²) in [7, 11) is 0. The molecule has 1 heterocycles. The average Bonchev–Trinajstić information content (AvgIpc) is 3.11. The molecule has 28 heavy (non-hydrogen) atoms. The molecule has 0 saturated heterocycles. The van der Waals surface area contributed by atoms with E-state index >= 15 is 0 Å². The molecule has 0 saturated carbocycles. The summed E-state index contributed by atoms with van der Waals surface area (Å²) in [5.41, 5.74) is 3.55. The topological polar surface area (TPSA) is 51.2 Å². The molecule has 0 aliphatic heterocycles. The minimum atomic E-state index is -0.246. The highest BCUT2D eigenvalue weighted by molar-refractivity contribution is 7.21. The van der Waals surface area contributed by atoms with Crippen LogP contribution in [0.1, 0.15) is 5.56 Å². The predicted octanol–water partition coefficient (Wildman–Crippen LogP) is 5.94. The third-order valence-corrected chi connectivity index (χ3v) is 5.55. The van der Waals surface area contributed by atoms with Crippen molar-refractivity contribution in [2.24, 2.45) is 0 Å². The zero-order valence-corrected chi connectivity index (χ0v) is 16.7. The second-order valence-electron chi connectivity index (χ2n) is 6.33. The summed E-state index contributed by atoms with van der Waals surface area (Å²) >= 11 is 8.03. The van der Waals surface area contributed by atoms with Crippen LogP contribution in [-0.2, 0) is 4.79 Å². The average molecular weight is 409 g/mol. The van der Waals surface area contributed by atoms with Crippen molar-refractivity contribution in [3.63, 3.8) is 0 Å². The molecule has 0 unspecified atom stereocenters. The molecular formula is C22H17ClN2O2S. The van der Waals surface area contributed by atoms with Crippen LogP contribution < -0.4 is 10.1 Å². The van der Waals surface area contributed by atoms with Crippen LogP contribution in [-0.4, -0.2) is 17.5 Å². The van der Waals surface area contributed by atoms with Crippen molar-refractivity contribution in [2.45, 2.75) is 6.92 Å². The molecule has 4 aromatic rings. The van der Waals surface area contributed by atoms with Gasteiger partial charge in [-0.1, -0.05) is 41.4 Å². The smallest absolute Gasteiger partial charge is 0.262 e.